The average Bonchev–Trinajstić information content (AvgIpc) is 3.31. The van der Waals surface area contributed by atoms with Gasteiger partial charge in [-0.3, -0.25) is 4.79 Å². The SMILES string of the molecule is CC(C)(C)OC(=O)/C=C\c1cn(C2CC2)c2cc(F)c(F)cc2c1=O. The molecule has 0 N–H and O–H groups in total. The molecule has 0 atom stereocenters. The van der Waals surface area contributed by atoms with Crippen LogP contribution in [0.2, 0.25) is 0 Å². The van der Waals surface area contributed by atoms with E-state index in [0.29, 0.717) is 5.52 Å². The molecule has 1 fully saturated rings. The summed E-state index contributed by atoms with van der Waals surface area (Å²) in [5.41, 5.74) is -0.498. The summed E-state index contributed by atoms with van der Waals surface area (Å²) in [6.45, 7) is 5.23. The van der Waals surface area contributed by atoms with Crippen molar-refractivity contribution in [2.75, 3.05) is 0 Å². The smallest absolute Gasteiger partial charge is 0.331 e. The number of aromatic nitrogens is 1. The summed E-state index contributed by atoms with van der Waals surface area (Å²) < 4.78 is 34.1. The molecule has 1 saturated carbocycles. The normalized spacial score (nSPS) is 15.1. The van der Waals surface area contributed by atoms with Crippen molar-refractivity contribution in [3.8, 4) is 0 Å². The lowest BCUT2D eigenvalue weighted by molar-refractivity contribution is -0.148. The summed E-state index contributed by atoms with van der Waals surface area (Å²) in [7, 11) is 0. The molecule has 1 heterocycles. The van der Waals surface area contributed by atoms with Gasteiger partial charge < -0.3 is 9.30 Å². The van der Waals surface area contributed by atoms with Crippen LogP contribution in [0.3, 0.4) is 0 Å². The lowest BCUT2D eigenvalue weighted by Crippen LogP contribution is -2.22. The molecule has 0 bridgehead atoms. The number of pyridine rings is 1. The Kier molecular flexibility index (Phi) is 4.22. The minimum absolute atomic E-state index is 0.0946. The van der Waals surface area contributed by atoms with E-state index in [1.807, 2.05) is 0 Å². The van der Waals surface area contributed by atoms with Crippen molar-refractivity contribution in [2.24, 2.45) is 0 Å². The van der Waals surface area contributed by atoms with E-state index in [1.54, 1.807) is 31.5 Å². The topological polar surface area (TPSA) is 48.3 Å². The summed E-state index contributed by atoms with van der Waals surface area (Å²) in [6, 6.07) is 2.12. The standard InChI is InChI=1S/C19H19F2NO3/c1-19(2,3)25-17(23)7-4-11-10-22(12-5-6-12)16-9-15(21)14(20)8-13(16)18(11)24/h4,7-10,12H,5-6H2,1-3H3/b7-4-. The molecule has 0 amide bonds. The van der Waals surface area contributed by atoms with E-state index >= 15 is 0 Å². The minimum Gasteiger partial charge on any atom is -0.457 e. The average molecular weight is 347 g/mol. The number of esters is 1. The van der Waals surface area contributed by atoms with Gasteiger partial charge in [0.2, 0.25) is 0 Å². The van der Waals surface area contributed by atoms with Gasteiger partial charge in [-0.1, -0.05) is 0 Å². The van der Waals surface area contributed by atoms with Crippen LogP contribution in [0, 0.1) is 11.6 Å². The molecule has 2 aromatic rings. The van der Waals surface area contributed by atoms with E-state index in [0.717, 1.165) is 25.0 Å². The number of hydrogen-bond donors (Lipinski definition) is 0. The number of benzene rings is 1. The van der Waals surface area contributed by atoms with E-state index in [4.69, 9.17) is 4.74 Å². The van der Waals surface area contributed by atoms with Crippen LogP contribution in [0.4, 0.5) is 8.78 Å². The molecule has 1 aromatic heterocycles. The van der Waals surface area contributed by atoms with Gasteiger partial charge in [-0.15, -0.1) is 0 Å². The molecule has 4 nitrogen and oxygen atoms in total. The van der Waals surface area contributed by atoms with Crippen LogP contribution < -0.4 is 5.43 Å². The highest BCUT2D eigenvalue weighted by molar-refractivity contribution is 5.89. The molecule has 25 heavy (non-hydrogen) atoms. The predicted octanol–water partition coefficient (Wildman–Crippen LogP) is 3.97. The quantitative estimate of drug-likeness (QED) is 0.623. The first-order chi connectivity index (χ1) is 11.7. The Labute approximate surface area is 143 Å². The first-order valence-corrected chi connectivity index (χ1v) is 8.11. The third-order valence-corrected chi connectivity index (χ3v) is 3.85. The summed E-state index contributed by atoms with van der Waals surface area (Å²) >= 11 is 0. The van der Waals surface area contributed by atoms with E-state index in [1.165, 1.54) is 12.2 Å². The number of halogens is 2. The van der Waals surface area contributed by atoms with Crippen LogP contribution in [-0.2, 0) is 9.53 Å². The number of ether oxygens (including phenoxy) is 1. The molecule has 0 unspecified atom stereocenters. The molecule has 0 spiro atoms. The van der Waals surface area contributed by atoms with Gasteiger partial charge in [0.15, 0.2) is 17.1 Å². The van der Waals surface area contributed by atoms with Crippen molar-refractivity contribution < 1.29 is 18.3 Å². The van der Waals surface area contributed by atoms with Crippen LogP contribution >= 0.6 is 0 Å². The van der Waals surface area contributed by atoms with E-state index in [-0.39, 0.29) is 17.0 Å². The third-order valence-electron chi connectivity index (χ3n) is 3.85. The van der Waals surface area contributed by atoms with Crippen molar-refractivity contribution in [2.45, 2.75) is 45.3 Å². The molecule has 1 aromatic carbocycles. The molecule has 0 saturated heterocycles. The fourth-order valence-electron chi connectivity index (χ4n) is 2.63. The highest BCUT2D eigenvalue weighted by atomic mass is 19.2. The van der Waals surface area contributed by atoms with Crippen LogP contribution in [0.25, 0.3) is 17.0 Å². The van der Waals surface area contributed by atoms with Gasteiger partial charge >= 0.3 is 5.97 Å². The number of nitrogens with zero attached hydrogens (tertiary/aromatic N) is 1. The zero-order valence-electron chi connectivity index (χ0n) is 14.3. The molecular formula is C19H19F2NO3. The van der Waals surface area contributed by atoms with Crippen molar-refractivity contribution >= 4 is 22.9 Å². The Balaban J connectivity index is 2.07. The Morgan fingerprint density at radius 2 is 1.88 bits per heavy atom. The van der Waals surface area contributed by atoms with Gasteiger partial charge in [0.05, 0.1) is 5.52 Å². The van der Waals surface area contributed by atoms with Gasteiger partial charge in [0.1, 0.15) is 5.60 Å². The zero-order valence-corrected chi connectivity index (χ0v) is 14.3. The predicted molar refractivity (Wildman–Crippen MR) is 91.3 cm³/mol. The molecule has 6 heteroatoms. The highest BCUT2D eigenvalue weighted by Crippen LogP contribution is 2.37. The van der Waals surface area contributed by atoms with Crippen molar-refractivity contribution in [1.29, 1.82) is 0 Å². The highest BCUT2D eigenvalue weighted by Gasteiger charge is 2.26. The lowest BCUT2D eigenvalue weighted by atomic mass is 10.1. The Morgan fingerprint density at radius 3 is 2.48 bits per heavy atom. The van der Waals surface area contributed by atoms with Crippen LogP contribution in [0.1, 0.15) is 45.2 Å². The number of carbonyl (C=O) groups is 1. The fourth-order valence-corrected chi connectivity index (χ4v) is 2.63. The minimum atomic E-state index is -1.07. The zero-order chi connectivity index (χ0) is 18.4. The second-order valence-electron chi connectivity index (χ2n) is 7.20. The summed E-state index contributed by atoms with van der Waals surface area (Å²) in [5.74, 6) is -2.63. The molecule has 0 aliphatic heterocycles. The van der Waals surface area contributed by atoms with Gasteiger partial charge in [-0.25, -0.2) is 13.6 Å². The van der Waals surface area contributed by atoms with Crippen LogP contribution in [-0.4, -0.2) is 16.1 Å². The second-order valence-corrected chi connectivity index (χ2v) is 7.20. The summed E-state index contributed by atoms with van der Waals surface area (Å²) in [6.07, 6.45) is 5.93. The first-order valence-electron chi connectivity index (χ1n) is 8.11. The number of rotatable bonds is 3. The maximum absolute atomic E-state index is 13.6. The monoisotopic (exact) mass is 347 g/mol. The van der Waals surface area contributed by atoms with Crippen LogP contribution in [0.15, 0.2) is 29.2 Å². The van der Waals surface area contributed by atoms with Gasteiger partial charge in [0.25, 0.3) is 0 Å². The van der Waals surface area contributed by atoms with Gasteiger partial charge in [0, 0.05) is 35.3 Å². The van der Waals surface area contributed by atoms with Gasteiger partial charge in [-0.2, -0.15) is 0 Å². The number of hydrogen-bond acceptors (Lipinski definition) is 3. The Bertz CT molecular complexity index is 934. The van der Waals surface area contributed by atoms with Crippen molar-refractivity contribution in [3.05, 3.63) is 51.8 Å². The van der Waals surface area contributed by atoms with Gasteiger partial charge in [-0.05, 0) is 45.8 Å². The fraction of sp³-hybridized carbons (Fsp3) is 0.368. The molecule has 1 aliphatic carbocycles. The Morgan fingerprint density at radius 1 is 1.24 bits per heavy atom. The summed E-state index contributed by atoms with van der Waals surface area (Å²) in [4.78, 5) is 24.4. The van der Waals surface area contributed by atoms with E-state index in [2.05, 4.69) is 0 Å². The first kappa shape index (κ1) is 17.3. The Hall–Kier alpha value is -2.50. The lowest BCUT2D eigenvalue weighted by Gasteiger charge is -2.18. The number of fused-ring (bicyclic) bond motifs is 1. The molecule has 132 valence electrons. The largest absolute Gasteiger partial charge is 0.457 e. The van der Waals surface area contributed by atoms with Crippen molar-refractivity contribution in [1.82, 2.24) is 4.57 Å². The molecular weight excluding hydrogens is 328 g/mol. The van der Waals surface area contributed by atoms with Crippen LogP contribution in [0.5, 0.6) is 0 Å². The number of carbonyl (C=O) groups excluding carboxylic acids is 1. The van der Waals surface area contributed by atoms with Crippen molar-refractivity contribution in [3.63, 3.8) is 0 Å². The summed E-state index contributed by atoms with van der Waals surface area (Å²) in [5, 5.41) is 0.0946. The molecule has 0 radical (unpaired) electrons. The van der Waals surface area contributed by atoms with E-state index < -0.39 is 28.6 Å². The molecule has 3 rings (SSSR count). The maximum Gasteiger partial charge on any atom is 0.331 e. The third kappa shape index (κ3) is 3.78. The maximum atomic E-state index is 13.6. The van der Waals surface area contributed by atoms with E-state index in [9.17, 15) is 18.4 Å². The second kappa shape index (κ2) is 6.10. The molecule has 1 aliphatic rings.